The van der Waals surface area contributed by atoms with Gasteiger partial charge in [-0.05, 0) is 23.8 Å². The molecule has 1 aromatic carbocycles. The van der Waals surface area contributed by atoms with Crippen molar-refractivity contribution in [1.29, 1.82) is 0 Å². The Kier molecular flexibility index (Phi) is 4.80. The van der Waals surface area contributed by atoms with Crippen LogP contribution in [0.1, 0.15) is 15.9 Å². The molecule has 0 amide bonds. The molecule has 110 valence electrons. The standard InChI is InChI=1S/C15H16BrN3O2/c1-19(9-10-3-5-11(16)6-4-10)14-7-12(15(20)21-2)13(17)8-18-14/h3-8H,9,17H2,1-2H3. The van der Waals surface area contributed by atoms with E-state index in [-0.39, 0.29) is 0 Å². The van der Waals surface area contributed by atoms with Gasteiger partial charge < -0.3 is 15.4 Å². The molecule has 0 fully saturated rings. The van der Waals surface area contributed by atoms with Gasteiger partial charge in [0.05, 0.1) is 24.6 Å². The van der Waals surface area contributed by atoms with Crippen molar-refractivity contribution < 1.29 is 9.53 Å². The number of pyridine rings is 1. The summed E-state index contributed by atoms with van der Waals surface area (Å²) in [5, 5.41) is 0. The van der Waals surface area contributed by atoms with Crippen molar-refractivity contribution in [3.05, 3.63) is 52.1 Å². The van der Waals surface area contributed by atoms with Crippen molar-refractivity contribution >= 4 is 33.4 Å². The van der Waals surface area contributed by atoms with E-state index in [0.29, 0.717) is 23.6 Å². The van der Waals surface area contributed by atoms with E-state index in [1.807, 2.05) is 36.2 Å². The quantitative estimate of drug-likeness (QED) is 0.859. The predicted molar refractivity (Wildman–Crippen MR) is 86.2 cm³/mol. The molecule has 2 aromatic rings. The van der Waals surface area contributed by atoms with Gasteiger partial charge in [-0.1, -0.05) is 28.1 Å². The molecule has 0 radical (unpaired) electrons. The molecule has 2 N–H and O–H groups in total. The zero-order valence-electron chi connectivity index (χ0n) is 11.8. The van der Waals surface area contributed by atoms with Crippen LogP contribution >= 0.6 is 15.9 Å². The van der Waals surface area contributed by atoms with Gasteiger partial charge in [-0.3, -0.25) is 0 Å². The zero-order chi connectivity index (χ0) is 15.4. The maximum absolute atomic E-state index is 11.7. The molecule has 5 nitrogen and oxygen atoms in total. The molecule has 0 atom stereocenters. The number of nitrogens with zero attached hydrogens (tertiary/aromatic N) is 2. The first-order valence-corrected chi connectivity index (χ1v) is 7.10. The number of anilines is 2. The number of ether oxygens (including phenoxy) is 1. The van der Waals surface area contributed by atoms with Gasteiger partial charge >= 0.3 is 5.97 Å². The summed E-state index contributed by atoms with van der Waals surface area (Å²) in [6, 6.07) is 9.66. The molecule has 2 rings (SSSR count). The fourth-order valence-electron chi connectivity index (χ4n) is 1.90. The number of halogens is 1. The monoisotopic (exact) mass is 349 g/mol. The Hall–Kier alpha value is -2.08. The average molecular weight is 350 g/mol. The van der Waals surface area contributed by atoms with Gasteiger partial charge in [0.15, 0.2) is 0 Å². The molecule has 0 saturated heterocycles. The predicted octanol–water partition coefficient (Wildman–Crippen LogP) is 2.85. The molecule has 1 heterocycles. The van der Waals surface area contributed by atoms with Crippen LogP contribution in [0.4, 0.5) is 11.5 Å². The van der Waals surface area contributed by atoms with Crippen molar-refractivity contribution in [2.75, 3.05) is 24.8 Å². The van der Waals surface area contributed by atoms with Crippen LogP contribution < -0.4 is 10.6 Å². The molecule has 21 heavy (non-hydrogen) atoms. The number of hydrogen-bond acceptors (Lipinski definition) is 5. The van der Waals surface area contributed by atoms with E-state index in [9.17, 15) is 4.79 Å². The van der Waals surface area contributed by atoms with Gasteiger partial charge in [0.1, 0.15) is 5.82 Å². The Morgan fingerprint density at radius 3 is 2.67 bits per heavy atom. The summed E-state index contributed by atoms with van der Waals surface area (Å²) >= 11 is 3.41. The smallest absolute Gasteiger partial charge is 0.340 e. The first kappa shape index (κ1) is 15.3. The summed E-state index contributed by atoms with van der Waals surface area (Å²) in [6.45, 7) is 0.671. The van der Waals surface area contributed by atoms with Crippen molar-refractivity contribution in [2.24, 2.45) is 0 Å². The normalized spacial score (nSPS) is 10.2. The van der Waals surface area contributed by atoms with Gasteiger partial charge in [-0.25, -0.2) is 9.78 Å². The van der Waals surface area contributed by atoms with Gasteiger partial charge in [0.25, 0.3) is 0 Å². The van der Waals surface area contributed by atoms with Crippen molar-refractivity contribution in [1.82, 2.24) is 4.98 Å². The third kappa shape index (κ3) is 3.72. The van der Waals surface area contributed by atoms with Crippen LogP contribution in [0.2, 0.25) is 0 Å². The number of nitrogen functional groups attached to an aromatic ring is 1. The van der Waals surface area contributed by atoms with E-state index in [2.05, 4.69) is 20.9 Å². The van der Waals surface area contributed by atoms with E-state index in [1.165, 1.54) is 13.3 Å². The molecular weight excluding hydrogens is 334 g/mol. The number of carbonyl (C=O) groups is 1. The zero-order valence-corrected chi connectivity index (χ0v) is 13.4. The fraction of sp³-hybridized carbons (Fsp3) is 0.200. The van der Waals surface area contributed by atoms with E-state index >= 15 is 0 Å². The van der Waals surface area contributed by atoms with Gasteiger partial charge in [0.2, 0.25) is 0 Å². The Morgan fingerprint density at radius 1 is 1.38 bits per heavy atom. The van der Waals surface area contributed by atoms with Crippen LogP contribution in [0, 0.1) is 0 Å². The molecule has 0 unspecified atom stereocenters. The second-order valence-corrected chi connectivity index (χ2v) is 5.52. The lowest BCUT2D eigenvalue weighted by Crippen LogP contribution is -2.19. The molecule has 0 spiro atoms. The molecular formula is C15H16BrN3O2. The van der Waals surface area contributed by atoms with Gasteiger partial charge in [-0.15, -0.1) is 0 Å². The molecule has 0 saturated carbocycles. The van der Waals surface area contributed by atoms with Crippen molar-refractivity contribution in [2.45, 2.75) is 6.54 Å². The van der Waals surface area contributed by atoms with E-state index < -0.39 is 5.97 Å². The number of benzene rings is 1. The lowest BCUT2D eigenvalue weighted by molar-refractivity contribution is 0.0602. The highest BCUT2D eigenvalue weighted by Crippen LogP contribution is 2.20. The van der Waals surface area contributed by atoms with E-state index in [4.69, 9.17) is 10.5 Å². The van der Waals surface area contributed by atoms with Gasteiger partial charge in [-0.2, -0.15) is 0 Å². The third-order valence-electron chi connectivity index (χ3n) is 3.05. The third-order valence-corrected chi connectivity index (χ3v) is 3.58. The van der Waals surface area contributed by atoms with Crippen LogP contribution in [0.15, 0.2) is 41.0 Å². The number of rotatable bonds is 4. The summed E-state index contributed by atoms with van der Waals surface area (Å²) in [7, 11) is 3.23. The number of hydrogen-bond donors (Lipinski definition) is 1. The van der Waals surface area contributed by atoms with E-state index in [0.717, 1.165) is 10.0 Å². The number of nitrogens with two attached hydrogens (primary N) is 1. The Labute approximate surface area is 131 Å². The highest BCUT2D eigenvalue weighted by atomic mass is 79.9. The highest BCUT2D eigenvalue weighted by Gasteiger charge is 2.13. The number of esters is 1. The first-order valence-electron chi connectivity index (χ1n) is 6.30. The topological polar surface area (TPSA) is 68.5 Å². The van der Waals surface area contributed by atoms with Crippen LogP contribution in [-0.2, 0) is 11.3 Å². The maximum atomic E-state index is 11.7. The average Bonchev–Trinajstić information content (AvgIpc) is 2.49. The summed E-state index contributed by atoms with van der Waals surface area (Å²) in [5.74, 6) is 0.195. The minimum atomic E-state index is -0.465. The second kappa shape index (κ2) is 6.58. The summed E-state index contributed by atoms with van der Waals surface area (Å²) in [4.78, 5) is 17.8. The van der Waals surface area contributed by atoms with Crippen LogP contribution in [-0.4, -0.2) is 25.1 Å². The summed E-state index contributed by atoms with van der Waals surface area (Å²) in [6.07, 6.45) is 1.47. The Balaban J connectivity index is 2.21. The molecule has 0 aliphatic rings. The first-order chi connectivity index (χ1) is 10.0. The largest absolute Gasteiger partial charge is 0.465 e. The van der Waals surface area contributed by atoms with Crippen LogP contribution in [0.25, 0.3) is 0 Å². The Morgan fingerprint density at radius 2 is 2.05 bits per heavy atom. The SMILES string of the molecule is COC(=O)c1cc(N(C)Cc2ccc(Br)cc2)ncc1N. The van der Waals surface area contributed by atoms with Crippen molar-refractivity contribution in [3.63, 3.8) is 0 Å². The molecule has 0 aliphatic heterocycles. The fourth-order valence-corrected chi connectivity index (χ4v) is 2.16. The maximum Gasteiger partial charge on any atom is 0.340 e. The van der Waals surface area contributed by atoms with Crippen molar-refractivity contribution in [3.8, 4) is 0 Å². The molecule has 1 aromatic heterocycles. The van der Waals surface area contributed by atoms with Gasteiger partial charge in [0, 0.05) is 18.1 Å². The number of carbonyl (C=O) groups excluding carboxylic acids is 1. The lowest BCUT2D eigenvalue weighted by Gasteiger charge is -2.19. The number of methoxy groups -OCH3 is 1. The summed E-state index contributed by atoms with van der Waals surface area (Å²) in [5.41, 5.74) is 7.52. The van der Waals surface area contributed by atoms with E-state index in [1.54, 1.807) is 6.07 Å². The van der Waals surface area contributed by atoms with Crippen LogP contribution in [0.3, 0.4) is 0 Å². The summed E-state index contributed by atoms with van der Waals surface area (Å²) < 4.78 is 5.75. The Bertz CT molecular complexity index is 644. The minimum absolute atomic E-state index is 0.308. The van der Waals surface area contributed by atoms with Crippen LogP contribution in [0.5, 0.6) is 0 Å². The molecule has 0 aliphatic carbocycles. The molecule has 0 bridgehead atoms. The lowest BCUT2D eigenvalue weighted by atomic mass is 10.2. The number of aromatic nitrogens is 1. The highest BCUT2D eigenvalue weighted by molar-refractivity contribution is 9.10. The minimum Gasteiger partial charge on any atom is -0.465 e. The second-order valence-electron chi connectivity index (χ2n) is 4.60. The molecule has 6 heteroatoms.